The van der Waals surface area contributed by atoms with Gasteiger partial charge in [0.25, 0.3) is 5.91 Å². The van der Waals surface area contributed by atoms with Crippen molar-refractivity contribution < 1.29 is 4.79 Å². The molecule has 1 aromatic carbocycles. The number of carbonyl (C=O) groups excluding carboxylic acids is 1. The third-order valence-corrected chi connectivity index (χ3v) is 3.86. The van der Waals surface area contributed by atoms with E-state index in [2.05, 4.69) is 24.9 Å². The van der Waals surface area contributed by atoms with Crippen LogP contribution in [0.15, 0.2) is 24.3 Å². The van der Waals surface area contributed by atoms with Crippen LogP contribution >= 0.6 is 0 Å². The van der Waals surface area contributed by atoms with Crippen molar-refractivity contribution in [2.75, 3.05) is 26.7 Å². The minimum absolute atomic E-state index is 0.124. The first-order valence-corrected chi connectivity index (χ1v) is 5.73. The van der Waals surface area contributed by atoms with Crippen LogP contribution in [0.25, 0.3) is 0 Å². The summed E-state index contributed by atoms with van der Waals surface area (Å²) in [6.45, 7) is 4.90. The summed E-state index contributed by atoms with van der Waals surface area (Å²) in [7, 11) is 2.12. The van der Waals surface area contributed by atoms with Gasteiger partial charge in [-0.3, -0.25) is 4.79 Å². The maximum Gasteiger partial charge on any atom is 0.255 e. The van der Waals surface area contributed by atoms with Crippen molar-refractivity contribution in [2.24, 2.45) is 0 Å². The number of piperazine rings is 1. The molecule has 0 spiro atoms. The molecular formula is C13H16N2O. The molecule has 0 bridgehead atoms. The number of carbonyl (C=O) groups is 1. The van der Waals surface area contributed by atoms with Gasteiger partial charge in [0.15, 0.2) is 0 Å². The number of likely N-dealkylation sites (N-methyl/N-ethyl adjacent to an activating group) is 1. The SMILES string of the molecule is CN1CCN2C(=O)c3ccccc3[C@@]2(C)C1. The first-order chi connectivity index (χ1) is 7.63. The Hall–Kier alpha value is -1.35. The summed E-state index contributed by atoms with van der Waals surface area (Å²) in [6.07, 6.45) is 0. The molecular weight excluding hydrogens is 200 g/mol. The molecule has 1 atom stereocenters. The molecule has 0 radical (unpaired) electrons. The first kappa shape index (κ1) is 9.85. The number of rotatable bonds is 0. The van der Waals surface area contributed by atoms with Crippen LogP contribution in [-0.2, 0) is 5.54 Å². The molecule has 3 heteroatoms. The number of hydrogen-bond acceptors (Lipinski definition) is 2. The molecule has 1 saturated heterocycles. The van der Waals surface area contributed by atoms with Gasteiger partial charge in [-0.1, -0.05) is 18.2 Å². The van der Waals surface area contributed by atoms with Crippen LogP contribution in [0.5, 0.6) is 0 Å². The van der Waals surface area contributed by atoms with E-state index in [-0.39, 0.29) is 11.4 Å². The summed E-state index contributed by atoms with van der Waals surface area (Å²) < 4.78 is 0. The van der Waals surface area contributed by atoms with Crippen molar-refractivity contribution in [3.8, 4) is 0 Å². The predicted molar refractivity (Wildman–Crippen MR) is 62.3 cm³/mol. The second-order valence-corrected chi connectivity index (χ2v) is 5.01. The standard InChI is InChI=1S/C13H16N2O/c1-13-9-14(2)7-8-15(13)12(16)10-5-3-4-6-11(10)13/h3-6H,7-9H2,1-2H3/t13-/m1/s1. The average Bonchev–Trinajstić information content (AvgIpc) is 2.49. The van der Waals surface area contributed by atoms with Crippen molar-refractivity contribution in [1.29, 1.82) is 0 Å². The maximum absolute atomic E-state index is 12.3. The van der Waals surface area contributed by atoms with Crippen LogP contribution in [-0.4, -0.2) is 42.4 Å². The molecule has 16 heavy (non-hydrogen) atoms. The summed E-state index contributed by atoms with van der Waals surface area (Å²) in [5.41, 5.74) is 1.95. The molecule has 0 N–H and O–H groups in total. The Labute approximate surface area is 95.7 Å². The van der Waals surface area contributed by atoms with Crippen molar-refractivity contribution in [3.63, 3.8) is 0 Å². The van der Waals surface area contributed by atoms with Gasteiger partial charge < -0.3 is 9.80 Å². The summed E-state index contributed by atoms with van der Waals surface area (Å²) in [5, 5.41) is 0. The van der Waals surface area contributed by atoms with Gasteiger partial charge in [-0.25, -0.2) is 0 Å². The minimum atomic E-state index is -0.124. The molecule has 0 aliphatic carbocycles. The fourth-order valence-electron chi connectivity index (χ4n) is 3.05. The van der Waals surface area contributed by atoms with Gasteiger partial charge in [0.1, 0.15) is 0 Å². The molecule has 0 saturated carbocycles. The van der Waals surface area contributed by atoms with Gasteiger partial charge in [0.05, 0.1) is 5.54 Å². The summed E-state index contributed by atoms with van der Waals surface area (Å²) in [5.74, 6) is 0.200. The lowest BCUT2D eigenvalue weighted by Crippen LogP contribution is -2.56. The normalized spacial score (nSPS) is 29.1. The maximum atomic E-state index is 12.3. The molecule has 1 amide bonds. The fraction of sp³-hybridized carbons (Fsp3) is 0.462. The highest BCUT2D eigenvalue weighted by atomic mass is 16.2. The molecule has 0 aromatic heterocycles. The van der Waals surface area contributed by atoms with Gasteiger partial charge in [0, 0.05) is 25.2 Å². The van der Waals surface area contributed by atoms with Gasteiger partial charge in [-0.05, 0) is 25.6 Å². The topological polar surface area (TPSA) is 23.6 Å². The van der Waals surface area contributed by atoms with E-state index in [4.69, 9.17) is 0 Å². The van der Waals surface area contributed by atoms with Gasteiger partial charge in [-0.15, -0.1) is 0 Å². The van der Waals surface area contributed by atoms with Crippen LogP contribution in [0.1, 0.15) is 22.8 Å². The predicted octanol–water partition coefficient (Wildman–Crippen LogP) is 1.30. The molecule has 0 unspecified atom stereocenters. The van der Waals surface area contributed by atoms with Crippen LogP contribution < -0.4 is 0 Å². The minimum Gasteiger partial charge on any atom is -0.327 e. The number of benzene rings is 1. The zero-order valence-corrected chi connectivity index (χ0v) is 9.73. The number of amides is 1. The smallest absolute Gasteiger partial charge is 0.255 e. The molecule has 2 heterocycles. The molecule has 2 aliphatic heterocycles. The van der Waals surface area contributed by atoms with Crippen molar-refractivity contribution in [1.82, 2.24) is 9.80 Å². The molecule has 3 rings (SSSR count). The van der Waals surface area contributed by atoms with Crippen molar-refractivity contribution in [3.05, 3.63) is 35.4 Å². The Morgan fingerprint density at radius 3 is 2.81 bits per heavy atom. The lowest BCUT2D eigenvalue weighted by Gasteiger charge is -2.44. The fourth-order valence-corrected chi connectivity index (χ4v) is 3.05. The molecule has 3 nitrogen and oxygen atoms in total. The molecule has 2 aliphatic rings. The number of hydrogen-bond donors (Lipinski definition) is 0. The quantitative estimate of drug-likeness (QED) is 0.652. The third kappa shape index (κ3) is 1.09. The Kier molecular flexibility index (Phi) is 1.89. The van der Waals surface area contributed by atoms with Crippen LogP contribution in [0.4, 0.5) is 0 Å². The summed E-state index contributed by atoms with van der Waals surface area (Å²) >= 11 is 0. The van der Waals surface area contributed by atoms with Gasteiger partial charge in [-0.2, -0.15) is 0 Å². The van der Waals surface area contributed by atoms with Crippen LogP contribution in [0, 0.1) is 0 Å². The molecule has 84 valence electrons. The van der Waals surface area contributed by atoms with Crippen LogP contribution in [0.3, 0.4) is 0 Å². The zero-order chi connectivity index (χ0) is 11.3. The van der Waals surface area contributed by atoms with E-state index in [0.29, 0.717) is 0 Å². The van der Waals surface area contributed by atoms with E-state index < -0.39 is 0 Å². The zero-order valence-electron chi connectivity index (χ0n) is 9.73. The lowest BCUT2D eigenvalue weighted by molar-refractivity contribution is 0.0261. The lowest BCUT2D eigenvalue weighted by atomic mass is 9.90. The van der Waals surface area contributed by atoms with Crippen molar-refractivity contribution in [2.45, 2.75) is 12.5 Å². The monoisotopic (exact) mass is 216 g/mol. The summed E-state index contributed by atoms with van der Waals surface area (Å²) in [6, 6.07) is 8.01. The van der Waals surface area contributed by atoms with E-state index in [0.717, 1.165) is 25.2 Å². The highest BCUT2D eigenvalue weighted by molar-refractivity contribution is 6.00. The molecule has 1 fully saturated rings. The van der Waals surface area contributed by atoms with E-state index in [1.54, 1.807) is 0 Å². The van der Waals surface area contributed by atoms with Gasteiger partial charge in [0.2, 0.25) is 0 Å². The largest absolute Gasteiger partial charge is 0.327 e. The van der Waals surface area contributed by atoms with Gasteiger partial charge >= 0.3 is 0 Å². The van der Waals surface area contributed by atoms with E-state index in [1.165, 1.54) is 5.56 Å². The Morgan fingerprint density at radius 2 is 2.00 bits per heavy atom. The van der Waals surface area contributed by atoms with E-state index >= 15 is 0 Å². The Balaban J connectivity index is 2.16. The van der Waals surface area contributed by atoms with E-state index in [1.807, 2.05) is 23.1 Å². The highest BCUT2D eigenvalue weighted by Crippen LogP contribution is 2.40. The van der Waals surface area contributed by atoms with Crippen molar-refractivity contribution >= 4 is 5.91 Å². The summed E-state index contributed by atoms with van der Waals surface area (Å²) in [4.78, 5) is 16.6. The molecule has 1 aromatic rings. The second kappa shape index (κ2) is 3.08. The number of nitrogens with zero attached hydrogens (tertiary/aromatic N) is 2. The highest BCUT2D eigenvalue weighted by Gasteiger charge is 2.48. The van der Waals surface area contributed by atoms with Crippen LogP contribution in [0.2, 0.25) is 0 Å². The first-order valence-electron chi connectivity index (χ1n) is 5.73. The van der Waals surface area contributed by atoms with E-state index in [9.17, 15) is 4.79 Å². The Morgan fingerprint density at radius 1 is 1.25 bits per heavy atom. The Bertz CT molecular complexity index is 457. The second-order valence-electron chi connectivity index (χ2n) is 5.01. The average molecular weight is 216 g/mol. The number of fused-ring (bicyclic) bond motifs is 3. The third-order valence-electron chi connectivity index (χ3n) is 3.86.